The molecule has 2 rings (SSSR count). The van der Waals surface area contributed by atoms with Crippen molar-refractivity contribution in [2.75, 3.05) is 11.5 Å². The van der Waals surface area contributed by atoms with Gasteiger partial charge in [0, 0.05) is 0 Å². The molecule has 1 saturated heterocycles. The predicted octanol–water partition coefficient (Wildman–Crippen LogP) is 3.77. The van der Waals surface area contributed by atoms with Crippen molar-refractivity contribution in [3.63, 3.8) is 0 Å². The minimum atomic E-state index is 1.39. The molecule has 0 bridgehead atoms. The molecule has 0 aromatic heterocycles. The van der Waals surface area contributed by atoms with Gasteiger partial charge in [-0.25, -0.2) is 0 Å². The van der Waals surface area contributed by atoms with Crippen molar-refractivity contribution in [3.05, 3.63) is 11.1 Å². The van der Waals surface area contributed by atoms with Gasteiger partial charge in [-0.3, -0.25) is 0 Å². The molecule has 1 aliphatic heterocycles. The summed E-state index contributed by atoms with van der Waals surface area (Å²) >= 11 is 2.13. The smallest absolute Gasteiger partial charge is 0.00300 e. The Morgan fingerprint density at radius 3 is 1.92 bits per heavy atom. The summed E-state index contributed by atoms with van der Waals surface area (Å²) in [4.78, 5) is 0. The van der Waals surface area contributed by atoms with Gasteiger partial charge in [-0.05, 0) is 50.0 Å². The van der Waals surface area contributed by atoms with Gasteiger partial charge in [0.1, 0.15) is 0 Å². The van der Waals surface area contributed by atoms with Crippen molar-refractivity contribution in [1.82, 2.24) is 0 Å². The zero-order valence-corrected chi connectivity index (χ0v) is 8.59. The van der Waals surface area contributed by atoms with Gasteiger partial charge in [0.15, 0.2) is 0 Å². The molecule has 0 aromatic carbocycles. The van der Waals surface area contributed by atoms with Crippen molar-refractivity contribution in [3.8, 4) is 0 Å². The van der Waals surface area contributed by atoms with Gasteiger partial charge in [-0.1, -0.05) is 17.6 Å². The Bertz CT molecular complexity index is 145. The molecule has 0 aromatic rings. The van der Waals surface area contributed by atoms with Crippen LogP contribution in [0.5, 0.6) is 0 Å². The SMILES string of the molecule is C1CCC(=C2CCSCC2)CC1. The lowest BCUT2D eigenvalue weighted by molar-refractivity contribution is 0.587. The monoisotopic (exact) mass is 182 g/mol. The van der Waals surface area contributed by atoms with E-state index in [-0.39, 0.29) is 0 Å². The Labute approximate surface area is 79.8 Å². The average Bonchev–Trinajstić information content (AvgIpc) is 2.21. The molecule has 1 aliphatic carbocycles. The molecule has 2 aliphatic rings. The van der Waals surface area contributed by atoms with Gasteiger partial charge < -0.3 is 0 Å². The Balaban J connectivity index is 2.00. The first-order valence-corrected chi connectivity index (χ1v) is 6.40. The molecule has 0 radical (unpaired) electrons. The van der Waals surface area contributed by atoms with Crippen molar-refractivity contribution < 1.29 is 0 Å². The fraction of sp³-hybridized carbons (Fsp3) is 0.818. The van der Waals surface area contributed by atoms with Gasteiger partial charge in [0.05, 0.1) is 0 Å². The highest BCUT2D eigenvalue weighted by molar-refractivity contribution is 7.99. The number of rotatable bonds is 0. The molecule has 1 heteroatoms. The van der Waals surface area contributed by atoms with E-state index in [0.717, 1.165) is 0 Å². The molecule has 12 heavy (non-hydrogen) atoms. The standard InChI is InChI=1S/C11H18S/c1-2-4-10(5-3-1)11-6-8-12-9-7-11/h1-9H2. The van der Waals surface area contributed by atoms with E-state index in [4.69, 9.17) is 0 Å². The van der Waals surface area contributed by atoms with E-state index in [2.05, 4.69) is 11.8 Å². The summed E-state index contributed by atoms with van der Waals surface area (Å²) in [6.07, 6.45) is 10.1. The lowest BCUT2D eigenvalue weighted by Gasteiger charge is -2.22. The van der Waals surface area contributed by atoms with E-state index in [1.54, 1.807) is 0 Å². The molecule has 0 nitrogen and oxygen atoms in total. The number of allylic oxidation sites excluding steroid dienone is 2. The minimum absolute atomic E-state index is 1.39. The van der Waals surface area contributed by atoms with E-state index in [1.807, 2.05) is 11.1 Å². The second kappa shape index (κ2) is 4.36. The average molecular weight is 182 g/mol. The van der Waals surface area contributed by atoms with Crippen molar-refractivity contribution in [2.45, 2.75) is 44.9 Å². The van der Waals surface area contributed by atoms with Crippen LogP contribution in [0.3, 0.4) is 0 Å². The second-order valence-corrected chi connectivity index (χ2v) is 5.10. The summed E-state index contributed by atoms with van der Waals surface area (Å²) in [6.45, 7) is 0. The number of hydrogen-bond donors (Lipinski definition) is 0. The van der Waals surface area contributed by atoms with Crippen LogP contribution in [-0.2, 0) is 0 Å². The Kier molecular flexibility index (Phi) is 3.15. The summed E-state index contributed by atoms with van der Waals surface area (Å²) in [7, 11) is 0. The quantitative estimate of drug-likeness (QED) is 0.514. The zero-order valence-electron chi connectivity index (χ0n) is 7.77. The van der Waals surface area contributed by atoms with Crippen LogP contribution in [0.1, 0.15) is 44.9 Å². The lowest BCUT2D eigenvalue weighted by Crippen LogP contribution is -2.04. The van der Waals surface area contributed by atoms with Crippen LogP contribution in [0, 0.1) is 0 Å². The predicted molar refractivity (Wildman–Crippen MR) is 56.7 cm³/mol. The van der Waals surface area contributed by atoms with Gasteiger partial charge in [0.25, 0.3) is 0 Å². The molecule has 2 fully saturated rings. The lowest BCUT2D eigenvalue weighted by atomic mass is 9.89. The molecule has 0 unspecified atom stereocenters. The Hall–Kier alpha value is 0.0900. The number of thioether (sulfide) groups is 1. The molecule has 0 spiro atoms. The van der Waals surface area contributed by atoms with E-state index in [0.29, 0.717) is 0 Å². The molecule has 0 N–H and O–H groups in total. The summed E-state index contributed by atoms with van der Waals surface area (Å²) in [5.41, 5.74) is 3.69. The van der Waals surface area contributed by atoms with Crippen LogP contribution >= 0.6 is 11.8 Å². The largest absolute Gasteiger partial charge is 0.161 e. The molecule has 0 amide bonds. The van der Waals surface area contributed by atoms with E-state index in [9.17, 15) is 0 Å². The summed E-state index contributed by atoms with van der Waals surface area (Å²) in [6, 6.07) is 0. The Morgan fingerprint density at radius 1 is 0.667 bits per heavy atom. The molecular formula is C11H18S. The van der Waals surface area contributed by atoms with Crippen LogP contribution in [0.15, 0.2) is 11.1 Å². The normalized spacial score (nSPS) is 26.0. The highest BCUT2D eigenvalue weighted by Gasteiger charge is 2.13. The number of hydrogen-bond acceptors (Lipinski definition) is 1. The highest BCUT2D eigenvalue weighted by Crippen LogP contribution is 2.32. The summed E-state index contributed by atoms with van der Waals surface area (Å²) < 4.78 is 0. The summed E-state index contributed by atoms with van der Waals surface area (Å²) in [5, 5.41) is 0. The van der Waals surface area contributed by atoms with Gasteiger partial charge in [0.2, 0.25) is 0 Å². The van der Waals surface area contributed by atoms with E-state index < -0.39 is 0 Å². The fourth-order valence-corrected chi connectivity index (χ4v) is 3.29. The molecular weight excluding hydrogens is 164 g/mol. The van der Waals surface area contributed by atoms with Crippen molar-refractivity contribution in [1.29, 1.82) is 0 Å². The second-order valence-electron chi connectivity index (χ2n) is 3.88. The third kappa shape index (κ3) is 2.07. The molecule has 1 saturated carbocycles. The van der Waals surface area contributed by atoms with E-state index in [1.165, 1.54) is 56.5 Å². The highest BCUT2D eigenvalue weighted by atomic mass is 32.2. The maximum atomic E-state index is 2.13. The van der Waals surface area contributed by atoms with Crippen molar-refractivity contribution in [2.24, 2.45) is 0 Å². The van der Waals surface area contributed by atoms with Gasteiger partial charge in [-0.2, -0.15) is 11.8 Å². The Morgan fingerprint density at radius 2 is 1.25 bits per heavy atom. The van der Waals surface area contributed by atoms with Crippen LogP contribution in [0.25, 0.3) is 0 Å². The maximum absolute atomic E-state index is 2.13. The molecule has 1 heterocycles. The van der Waals surface area contributed by atoms with Crippen LogP contribution in [0.4, 0.5) is 0 Å². The molecule has 0 atom stereocenters. The van der Waals surface area contributed by atoms with Crippen LogP contribution < -0.4 is 0 Å². The van der Waals surface area contributed by atoms with Gasteiger partial charge >= 0.3 is 0 Å². The molecule has 68 valence electrons. The first-order valence-electron chi connectivity index (χ1n) is 5.24. The third-order valence-electron chi connectivity index (χ3n) is 3.05. The first kappa shape index (κ1) is 8.68. The van der Waals surface area contributed by atoms with Crippen LogP contribution in [-0.4, -0.2) is 11.5 Å². The topological polar surface area (TPSA) is 0 Å². The van der Waals surface area contributed by atoms with E-state index >= 15 is 0 Å². The zero-order chi connectivity index (χ0) is 8.23. The third-order valence-corrected chi connectivity index (χ3v) is 4.04. The minimum Gasteiger partial charge on any atom is -0.161 e. The summed E-state index contributed by atoms with van der Waals surface area (Å²) in [5.74, 6) is 2.78. The maximum Gasteiger partial charge on any atom is -0.00300 e. The first-order chi connectivity index (χ1) is 5.97. The fourth-order valence-electron chi connectivity index (χ4n) is 2.30. The van der Waals surface area contributed by atoms with Gasteiger partial charge in [-0.15, -0.1) is 0 Å². The van der Waals surface area contributed by atoms with Crippen LogP contribution in [0.2, 0.25) is 0 Å². The van der Waals surface area contributed by atoms with Crippen molar-refractivity contribution >= 4 is 11.8 Å².